The third-order valence-electron chi connectivity index (χ3n) is 4.48. The van der Waals surface area contributed by atoms with Crippen LogP contribution in [0.15, 0.2) is 15.8 Å². The van der Waals surface area contributed by atoms with E-state index in [-0.39, 0.29) is 12.0 Å². The fourth-order valence-electron chi connectivity index (χ4n) is 2.82. The molecule has 0 radical (unpaired) electrons. The lowest BCUT2D eigenvalue weighted by molar-refractivity contribution is -0.0447. The van der Waals surface area contributed by atoms with Crippen LogP contribution in [0.3, 0.4) is 0 Å². The number of hydrogen-bond donors (Lipinski definition) is 4. The molecule has 0 spiro atoms. The third kappa shape index (κ3) is 4.22. The molecule has 1 fully saturated rings. The highest BCUT2D eigenvalue weighted by Gasteiger charge is 2.48. The van der Waals surface area contributed by atoms with Crippen LogP contribution < -0.4 is 11.2 Å². The summed E-state index contributed by atoms with van der Waals surface area (Å²) in [5, 5.41) is 20.5. The quantitative estimate of drug-likeness (QED) is 0.483. The maximum Gasteiger partial charge on any atom is 0.695 e. The van der Waals surface area contributed by atoms with Crippen LogP contribution in [0.25, 0.3) is 0 Å². The second-order valence-corrected chi connectivity index (χ2v) is 7.03. The summed E-state index contributed by atoms with van der Waals surface area (Å²) in [6.45, 7) is 3.33. The van der Waals surface area contributed by atoms with Crippen molar-refractivity contribution in [3.05, 3.63) is 32.6 Å². The molecule has 6 atom stereocenters. The summed E-state index contributed by atoms with van der Waals surface area (Å²) < 4.78 is 22.8. The molecule has 1 aliphatic heterocycles. The van der Waals surface area contributed by atoms with E-state index in [2.05, 4.69) is 4.98 Å². The lowest BCUT2D eigenvalue weighted by atomic mass is 9.92. The van der Waals surface area contributed by atoms with Gasteiger partial charge >= 0.3 is 13.9 Å². The minimum absolute atomic E-state index is 0.00324. The first-order chi connectivity index (χ1) is 11.6. The van der Waals surface area contributed by atoms with Crippen molar-refractivity contribution in [2.45, 2.75) is 56.7 Å². The van der Waals surface area contributed by atoms with E-state index in [1.54, 1.807) is 13.8 Å². The maximum atomic E-state index is 12.0. The van der Waals surface area contributed by atoms with Crippen molar-refractivity contribution in [2.24, 2.45) is 7.05 Å². The van der Waals surface area contributed by atoms with Crippen LogP contribution >= 0.6 is 8.25 Å². The van der Waals surface area contributed by atoms with Crippen molar-refractivity contribution < 1.29 is 28.9 Å². The number of aryl methyl sites for hydroxylation is 1. The topological polar surface area (TPSA) is 151 Å². The Hall–Kier alpha value is -1.42. The first-order valence-electron chi connectivity index (χ1n) is 7.74. The Bertz CT molecular complexity index is 762. The zero-order valence-corrected chi connectivity index (χ0v) is 15.0. The van der Waals surface area contributed by atoms with E-state index in [0.717, 1.165) is 4.57 Å². The van der Waals surface area contributed by atoms with Gasteiger partial charge in [0.1, 0.15) is 23.9 Å². The minimum atomic E-state index is -2.85. The fourth-order valence-corrected chi connectivity index (χ4v) is 3.40. The van der Waals surface area contributed by atoms with E-state index in [4.69, 9.17) is 14.2 Å². The number of rotatable bonds is 6. The summed E-state index contributed by atoms with van der Waals surface area (Å²) in [5.74, 6) is 0. The molecule has 0 saturated carbocycles. The van der Waals surface area contributed by atoms with Crippen molar-refractivity contribution in [3.63, 3.8) is 0 Å². The van der Waals surface area contributed by atoms with Gasteiger partial charge in [0, 0.05) is 24.2 Å². The molecular weight excluding hydrogens is 355 g/mol. The molecule has 0 bridgehead atoms. The lowest BCUT2D eigenvalue weighted by Gasteiger charge is -2.25. The normalized spacial score (nSPS) is 29.4. The SMILES string of the molecule is CCC(C)(C[C@H]1OC(c2cn(C)c(=O)[nH]c2=O)[C@H](O)[C@@H]1O)O[P+](=O)O. The Morgan fingerprint density at radius 2 is 2.04 bits per heavy atom. The number of hydrogen-bond acceptors (Lipinski definition) is 7. The summed E-state index contributed by atoms with van der Waals surface area (Å²) in [6, 6.07) is 0. The van der Waals surface area contributed by atoms with Gasteiger partial charge < -0.3 is 19.5 Å². The molecule has 4 N–H and O–H groups in total. The van der Waals surface area contributed by atoms with Crippen molar-refractivity contribution in [1.29, 1.82) is 0 Å². The Labute approximate surface area is 144 Å². The number of aromatic nitrogens is 2. The number of H-pyrrole nitrogens is 1. The summed E-state index contributed by atoms with van der Waals surface area (Å²) in [4.78, 5) is 34.5. The molecule has 1 saturated heterocycles. The highest BCUT2D eigenvalue weighted by molar-refractivity contribution is 7.32. The van der Waals surface area contributed by atoms with Gasteiger partial charge in [-0.1, -0.05) is 6.92 Å². The number of nitrogens with zero attached hydrogens (tertiary/aromatic N) is 1. The largest absolute Gasteiger partial charge is 0.695 e. The second-order valence-electron chi connectivity index (χ2n) is 6.37. The van der Waals surface area contributed by atoms with Crippen molar-refractivity contribution in [2.75, 3.05) is 0 Å². The van der Waals surface area contributed by atoms with Crippen molar-refractivity contribution in [1.82, 2.24) is 9.55 Å². The van der Waals surface area contributed by atoms with Gasteiger partial charge in [-0.25, -0.2) is 4.79 Å². The molecule has 2 rings (SSSR count). The van der Waals surface area contributed by atoms with E-state index in [0.29, 0.717) is 6.42 Å². The van der Waals surface area contributed by atoms with Gasteiger partial charge in [-0.15, -0.1) is 9.42 Å². The molecule has 2 heterocycles. The molecule has 3 unspecified atom stereocenters. The second kappa shape index (κ2) is 7.45. The van der Waals surface area contributed by atoms with E-state index in [1.165, 1.54) is 13.2 Å². The zero-order valence-electron chi connectivity index (χ0n) is 14.1. The Morgan fingerprint density at radius 3 is 2.60 bits per heavy atom. The molecule has 1 aromatic rings. The van der Waals surface area contributed by atoms with Gasteiger partial charge in [0.05, 0.1) is 11.7 Å². The molecule has 10 nitrogen and oxygen atoms in total. The number of nitrogens with one attached hydrogen (secondary N) is 1. The summed E-state index contributed by atoms with van der Waals surface area (Å²) >= 11 is 0. The van der Waals surface area contributed by atoms with Crippen LogP contribution in [-0.2, 0) is 20.9 Å². The van der Waals surface area contributed by atoms with Crippen LogP contribution in [0.2, 0.25) is 0 Å². The molecule has 0 aromatic carbocycles. The molecule has 140 valence electrons. The summed E-state index contributed by atoms with van der Waals surface area (Å²) in [7, 11) is -1.42. The Morgan fingerprint density at radius 1 is 1.40 bits per heavy atom. The standard InChI is InChI=1S/C14H21N2O8P/c1-4-14(2,24-25(21)22)5-8-9(17)10(18)11(23-8)7-6-16(3)13(20)15-12(7)19/h6,8-11,17-18H,4-5H2,1-3H3,(H-,15,19,20,21,22)/p+1/t8-,9-,10-,11?,14?/m1/s1. The van der Waals surface area contributed by atoms with Crippen LogP contribution in [0, 0.1) is 0 Å². The fraction of sp³-hybridized carbons (Fsp3) is 0.714. The molecule has 1 aliphatic rings. The van der Waals surface area contributed by atoms with Crippen molar-refractivity contribution in [3.8, 4) is 0 Å². The Kier molecular flexibility index (Phi) is 5.93. The monoisotopic (exact) mass is 377 g/mol. The van der Waals surface area contributed by atoms with E-state index >= 15 is 0 Å². The van der Waals surface area contributed by atoms with Crippen LogP contribution in [-0.4, -0.2) is 48.6 Å². The van der Waals surface area contributed by atoms with E-state index in [1.807, 2.05) is 0 Å². The Balaban J connectivity index is 2.26. The first kappa shape index (κ1) is 19.9. The van der Waals surface area contributed by atoms with Crippen molar-refractivity contribution >= 4 is 8.25 Å². The van der Waals surface area contributed by atoms with Crippen LogP contribution in [0.1, 0.15) is 38.4 Å². The minimum Gasteiger partial charge on any atom is -0.388 e. The molecular formula is C14H22N2O8P+. The smallest absolute Gasteiger partial charge is 0.388 e. The third-order valence-corrected chi connectivity index (χ3v) is 5.08. The van der Waals surface area contributed by atoms with Gasteiger partial charge in [0.25, 0.3) is 5.56 Å². The van der Waals surface area contributed by atoms with E-state index < -0.39 is 49.5 Å². The molecule has 25 heavy (non-hydrogen) atoms. The van der Waals surface area contributed by atoms with Crippen LogP contribution in [0.4, 0.5) is 0 Å². The van der Waals surface area contributed by atoms with Gasteiger partial charge in [-0.2, -0.15) is 0 Å². The predicted octanol–water partition coefficient (Wildman–Crippen LogP) is -0.540. The number of aliphatic hydroxyl groups is 2. The number of aromatic amines is 1. The maximum absolute atomic E-state index is 12.0. The summed E-state index contributed by atoms with van der Waals surface area (Å²) in [6.07, 6.45) is -3.15. The molecule has 1 aromatic heterocycles. The molecule has 0 amide bonds. The van der Waals surface area contributed by atoms with Crippen LogP contribution in [0.5, 0.6) is 0 Å². The summed E-state index contributed by atoms with van der Waals surface area (Å²) in [5.41, 5.74) is -2.38. The van der Waals surface area contributed by atoms with E-state index in [9.17, 15) is 24.4 Å². The highest BCUT2D eigenvalue weighted by atomic mass is 31.1. The van der Waals surface area contributed by atoms with Gasteiger partial charge in [0.2, 0.25) is 0 Å². The highest BCUT2D eigenvalue weighted by Crippen LogP contribution is 2.39. The molecule has 11 heteroatoms. The number of ether oxygens (including phenoxy) is 1. The average molecular weight is 377 g/mol. The zero-order chi connectivity index (χ0) is 18.9. The molecule has 0 aliphatic carbocycles. The lowest BCUT2D eigenvalue weighted by Crippen LogP contribution is -2.38. The van der Waals surface area contributed by atoms with Gasteiger partial charge in [0.15, 0.2) is 0 Å². The average Bonchev–Trinajstić information content (AvgIpc) is 2.78. The predicted molar refractivity (Wildman–Crippen MR) is 86.2 cm³/mol. The van der Waals surface area contributed by atoms with Gasteiger partial charge in [-0.05, 0) is 13.3 Å². The van der Waals surface area contributed by atoms with Gasteiger partial charge in [-0.3, -0.25) is 9.78 Å². The number of aliphatic hydroxyl groups excluding tert-OH is 2. The first-order valence-corrected chi connectivity index (χ1v) is 8.87.